The highest BCUT2D eigenvalue weighted by Gasteiger charge is 2.27. The van der Waals surface area contributed by atoms with Gasteiger partial charge in [0, 0.05) is 22.7 Å². The quantitative estimate of drug-likeness (QED) is 0.752. The molecule has 2 amide bonds. The molecule has 0 bridgehead atoms. The van der Waals surface area contributed by atoms with Gasteiger partial charge in [0.2, 0.25) is 5.91 Å². The molecular formula is C19H18ClF3N2O2. The molecule has 4 nitrogen and oxygen atoms in total. The van der Waals surface area contributed by atoms with Crippen LogP contribution in [0, 0.1) is 6.92 Å². The molecule has 0 unspecified atom stereocenters. The minimum atomic E-state index is -4.47. The molecule has 2 aromatic carbocycles. The summed E-state index contributed by atoms with van der Waals surface area (Å²) in [6, 6.07) is 11.2. The number of carbonyl (C=O) groups excluding carboxylic acids is 2. The number of amides is 2. The Balaban J connectivity index is 1.85. The molecule has 2 N–H and O–H groups in total. The SMILES string of the molecule is Cc1ccc(CCC(=O)Nc2ccc(C(=O)NCC(F)(F)F)cc2)cc1Cl. The summed E-state index contributed by atoms with van der Waals surface area (Å²) in [5, 5.41) is 5.11. The van der Waals surface area contributed by atoms with Crippen LogP contribution in [0.4, 0.5) is 18.9 Å². The Labute approximate surface area is 159 Å². The van der Waals surface area contributed by atoms with Gasteiger partial charge >= 0.3 is 6.18 Å². The zero-order chi connectivity index (χ0) is 20.0. The van der Waals surface area contributed by atoms with Crippen molar-refractivity contribution in [3.63, 3.8) is 0 Å². The van der Waals surface area contributed by atoms with Crippen LogP contribution in [0.25, 0.3) is 0 Å². The fourth-order valence-electron chi connectivity index (χ4n) is 2.26. The molecule has 0 aromatic heterocycles. The number of halogens is 4. The van der Waals surface area contributed by atoms with Gasteiger partial charge in [0.25, 0.3) is 5.91 Å². The largest absolute Gasteiger partial charge is 0.405 e. The van der Waals surface area contributed by atoms with E-state index in [0.29, 0.717) is 17.1 Å². The summed E-state index contributed by atoms with van der Waals surface area (Å²) in [7, 11) is 0. The van der Waals surface area contributed by atoms with Crippen molar-refractivity contribution in [2.24, 2.45) is 0 Å². The Bertz CT molecular complexity index is 821. The smallest absolute Gasteiger partial charge is 0.343 e. The summed E-state index contributed by atoms with van der Waals surface area (Å²) in [5.41, 5.74) is 2.43. The van der Waals surface area contributed by atoms with Gasteiger partial charge in [0.1, 0.15) is 6.54 Å². The monoisotopic (exact) mass is 398 g/mol. The minimum absolute atomic E-state index is 0.0755. The van der Waals surface area contributed by atoms with Gasteiger partial charge in [-0.05, 0) is 54.8 Å². The van der Waals surface area contributed by atoms with Gasteiger partial charge in [-0.25, -0.2) is 0 Å². The molecule has 0 heterocycles. The molecule has 0 atom stereocenters. The van der Waals surface area contributed by atoms with E-state index in [4.69, 9.17) is 11.6 Å². The standard InChI is InChI=1S/C19H18ClF3N2O2/c1-12-2-3-13(10-16(12)20)4-9-17(26)25-15-7-5-14(6-8-15)18(27)24-11-19(21,22)23/h2-3,5-8,10H,4,9,11H2,1H3,(H,24,27)(H,25,26). The summed E-state index contributed by atoms with van der Waals surface area (Å²) in [6.07, 6.45) is -3.71. The second-order valence-electron chi connectivity index (χ2n) is 6.01. The minimum Gasteiger partial charge on any atom is -0.343 e. The Morgan fingerprint density at radius 2 is 1.74 bits per heavy atom. The molecule has 2 rings (SSSR count). The molecule has 0 spiro atoms. The lowest BCUT2D eigenvalue weighted by molar-refractivity contribution is -0.123. The van der Waals surface area contributed by atoms with Gasteiger partial charge in [-0.15, -0.1) is 0 Å². The van der Waals surface area contributed by atoms with Crippen LogP contribution in [-0.2, 0) is 11.2 Å². The van der Waals surface area contributed by atoms with E-state index in [9.17, 15) is 22.8 Å². The van der Waals surface area contributed by atoms with Crippen LogP contribution in [0.2, 0.25) is 5.02 Å². The average Bonchev–Trinajstić information content (AvgIpc) is 2.61. The van der Waals surface area contributed by atoms with E-state index < -0.39 is 18.6 Å². The summed E-state index contributed by atoms with van der Waals surface area (Å²) in [6.45, 7) is 0.499. The third-order valence-corrected chi connectivity index (χ3v) is 4.16. The molecule has 2 aromatic rings. The van der Waals surface area contributed by atoms with E-state index in [1.165, 1.54) is 24.3 Å². The zero-order valence-corrected chi connectivity index (χ0v) is 15.2. The Morgan fingerprint density at radius 3 is 2.33 bits per heavy atom. The van der Waals surface area contributed by atoms with Crippen molar-refractivity contribution in [1.82, 2.24) is 5.32 Å². The van der Waals surface area contributed by atoms with E-state index in [2.05, 4.69) is 5.32 Å². The van der Waals surface area contributed by atoms with Crippen molar-refractivity contribution in [3.8, 4) is 0 Å². The first-order valence-corrected chi connectivity index (χ1v) is 8.52. The van der Waals surface area contributed by atoms with Crippen molar-refractivity contribution in [3.05, 3.63) is 64.2 Å². The van der Waals surface area contributed by atoms with Crippen molar-refractivity contribution in [1.29, 1.82) is 0 Å². The van der Waals surface area contributed by atoms with Crippen LogP contribution >= 0.6 is 11.6 Å². The highest BCUT2D eigenvalue weighted by molar-refractivity contribution is 6.31. The number of carbonyl (C=O) groups is 2. The number of nitrogens with one attached hydrogen (secondary N) is 2. The number of anilines is 1. The first-order valence-electron chi connectivity index (χ1n) is 8.14. The predicted molar refractivity (Wildman–Crippen MR) is 98.0 cm³/mol. The maximum atomic E-state index is 12.1. The number of rotatable bonds is 6. The second-order valence-corrected chi connectivity index (χ2v) is 6.41. The highest BCUT2D eigenvalue weighted by Crippen LogP contribution is 2.18. The van der Waals surface area contributed by atoms with Gasteiger partial charge in [-0.2, -0.15) is 13.2 Å². The fourth-order valence-corrected chi connectivity index (χ4v) is 2.46. The van der Waals surface area contributed by atoms with Gasteiger partial charge in [0.15, 0.2) is 0 Å². The van der Waals surface area contributed by atoms with Crippen LogP contribution < -0.4 is 10.6 Å². The summed E-state index contributed by atoms with van der Waals surface area (Å²) >= 11 is 6.05. The highest BCUT2D eigenvalue weighted by atomic mass is 35.5. The second kappa shape index (κ2) is 8.90. The molecule has 0 fully saturated rings. The summed E-state index contributed by atoms with van der Waals surface area (Å²) in [5.74, 6) is -1.05. The molecule has 0 aliphatic rings. The van der Waals surface area contributed by atoms with Crippen LogP contribution in [0.5, 0.6) is 0 Å². The zero-order valence-electron chi connectivity index (χ0n) is 14.5. The van der Waals surface area contributed by atoms with E-state index >= 15 is 0 Å². The topological polar surface area (TPSA) is 58.2 Å². The number of hydrogen-bond acceptors (Lipinski definition) is 2. The Kier molecular flexibility index (Phi) is 6.85. The molecule has 0 saturated heterocycles. The predicted octanol–water partition coefficient (Wildman–Crippen LogP) is 4.51. The molecule has 0 radical (unpaired) electrons. The number of hydrogen-bond donors (Lipinski definition) is 2. The van der Waals surface area contributed by atoms with Crippen LogP contribution in [-0.4, -0.2) is 24.5 Å². The molecule has 0 aliphatic heterocycles. The van der Waals surface area contributed by atoms with Crippen molar-refractivity contribution >= 4 is 29.1 Å². The lowest BCUT2D eigenvalue weighted by atomic mass is 10.1. The first kappa shape index (κ1) is 20.8. The molecule has 0 saturated carbocycles. The van der Waals surface area contributed by atoms with Crippen LogP contribution in [0.1, 0.15) is 27.9 Å². The van der Waals surface area contributed by atoms with Crippen LogP contribution in [0.3, 0.4) is 0 Å². The van der Waals surface area contributed by atoms with E-state index in [1.807, 2.05) is 25.1 Å². The van der Waals surface area contributed by atoms with E-state index in [-0.39, 0.29) is 17.9 Å². The normalized spacial score (nSPS) is 11.1. The number of benzene rings is 2. The van der Waals surface area contributed by atoms with Crippen molar-refractivity contribution in [2.75, 3.05) is 11.9 Å². The first-order chi connectivity index (χ1) is 12.6. The van der Waals surface area contributed by atoms with Gasteiger partial charge < -0.3 is 10.6 Å². The number of alkyl halides is 3. The van der Waals surface area contributed by atoms with E-state index in [0.717, 1.165) is 11.1 Å². The molecule has 0 aliphatic carbocycles. The summed E-state index contributed by atoms with van der Waals surface area (Å²) in [4.78, 5) is 23.6. The third kappa shape index (κ3) is 6.94. The van der Waals surface area contributed by atoms with Crippen LogP contribution in [0.15, 0.2) is 42.5 Å². The van der Waals surface area contributed by atoms with Crippen molar-refractivity contribution < 1.29 is 22.8 Å². The van der Waals surface area contributed by atoms with Gasteiger partial charge in [-0.3, -0.25) is 9.59 Å². The summed E-state index contributed by atoms with van der Waals surface area (Å²) < 4.78 is 36.3. The molecular weight excluding hydrogens is 381 g/mol. The Morgan fingerprint density at radius 1 is 1.07 bits per heavy atom. The van der Waals surface area contributed by atoms with Gasteiger partial charge in [0.05, 0.1) is 0 Å². The maximum Gasteiger partial charge on any atom is 0.405 e. The maximum absolute atomic E-state index is 12.1. The fraction of sp³-hybridized carbons (Fsp3) is 0.263. The molecule has 27 heavy (non-hydrogen) atoms. The lowest BCUT2D eigenvalue weighted by Crippen LogP contribution is -2.33. The molecule has 8 heteroatoms. The lowest BCUT2D eigenvalue weighted by Gasteiger charge is -2.09. The Hall–Kier alpha value is -2.54. The molecule has 144 valence electrons. The van der Waals surface area contributed by atoms with Crippen molar-refractivity contribution in [2.45, 2.75) is 25.9 Å². The third-order valence-electron chi connectivity index (χ3n) is 3.76. The average molecular weight is 399 g/mol. The van der Waals surface area contributed by atoms with Gasteiger partial charge in [-0.1, -0.05) is 23.7 Å². The van der Waals surface area contributed by atoms with E-state index in [1.54, 1.807) is 5.32 Å². The number of aryl methyl sites for hydroxylation is 2.